The molecule has 0 unspecified atom stereocenters. The Balaban J connectivity index is 1.93. The van der Waals surface area contributed by atoms with Crippen LogP contribution in [0.5, 0.6) is 0 Å². The van der Waals surface area contributed by atoms with E-state index < -0.39 is 17.3 Å². The molecule has 2 aromatic heterocycles. The SMILES string of the molecule is C[C@H](C(=O)N[C@H](C)c1ccc(F)cc1)n1cnc2c1c(=O)n(C)c(=O)n2C. The lowest BCUT2D eigenvalue weighted by molar-refractivity contribution is -0.124. The number of rotatable bonds is 4. The zero-order chi connectivity index (χ0) is 19.9. The van der Waals surface area contributed by atoms with Gasteiger partial charge in [-0.25, -0.2) is 14.2 Å². The van der Waals surface area contributed by atoms with Gasteiger partial charge < -0.3 is 9.88 Å². The highest BCUT2D eigenvalue weighted by Crippen LogP contribution is 2.17. The minimum Gasteiger partial charge on any atom is -0.348 e. The second kappa shape index (κ2) is 6.82. The minimum atomic E-state index is -0.733. The summed E-state index contributed by atoms with van der Waals surface area (Å²) in [5.41, 5.74) is 0.147. The summed E-state index contributed by atoms with van der Waals surface area (Å²) in [5, 5.41) is 2.84. The molecule has 1 amide bonds. The quantitative estimate of drug-likeness (QED) is 0.739. The summed E-state index contributed by atoms with van der Waals surface area (Å²) >= 11 is 0. The van der Waals surface area contributed by atoms with Crippen molar-refractivity contribution in [2.45, 2.75) is 25.9 Å². The van der Waals surface area contributed by atoms with E-state index in [1.54, 1.807) is 26.0 Å². The first-order chi connectivity index (χ1) is 12.7. The van der Waals surface area contributed by atoms with E-state index >= 15 is 0 Å². The molecule has 1 aromatic carbocycles. The van der Waals surface area contributed by atoms with Crippen LogP contribution in [0.4, 0.5) is 4.39 Å². The van der Waals surface area contributed by atoms with Crippen molar-refractivity contribution in [3.05, 3.63) is 62.8 Å². The number of aryl methyl sites for hydroxylation is 1. The Morgan fingerprint density at radius 1 is 1.11 bits per heavy atom. The van der Waals surface area contributed by atoms with E-state index in [0.717, 1.165) is 10.1 Å². The maximum Gasteiger partial charge on any atom is 0.332 e. The van der Waals surface area contributed by atoms with E-state index in [0.29, 0.717) is 0 Å². The number of carbonyl (C=O) groups excluding carboxylic acids is 1. The van der Waals surface area contributed by atoms with Gasteiger partial charge in [-0.3, -0.25) is 18.7 Å². The number of carbonyl (C=O) groups is 1. The first kappa shape index (κ1) is 18.6. The normalized spacial score (nSPS) is 13.5. The Kier molecular flexibility index (Phi) is 4.69. The minimum absolute atomic E-state index is 0.177. The Morgan fingerprint density at radius 3 is 2.37 bits per heavy atom. The van der Waals surface area contributed by atoms with Gasteiger partial charge in [-0.1, -0.05) is 12.1 Å². The summed E-state index contributed by atoms with van der Waals surface area (Å²) in [6, 6.07) is 4.78. The number of fused-ring (bicyclic) bond motifs is 1. The summed E-state index contributed by atoms with van der Waals surface area (Å²) in [4.78, 5) is 41.3. The van der Waals surface area contributed by atoms with Crippen LogP contribution >= 0.6 is 0 Å². The summed E-state index contributed by atoms with van der Waals surface area (Å²) in [6.07, 6.45) is 1.37. The molecule has 142 valence electrons. The number of hydrogen-bond acceptors (Lipinski definition) is 4. The van der Waals surface area contributed by atoms with E-state index in [2.05, 4.69) is 10.3 Å². The molecule has 0 radical (unpaired) electrons. The Morgan fingerprint density at radius 2 is 1.74 bits per heavy atom. The Hall–Kier alpha value is -3.23. The van der Waals surface area contributed by atoms with Crippen LogP contribution in [0.1, 0.15) is 31.5 Å². The maximum absolute atomic E-state index is 13.1. The van der Waals surface area contributed by atoms with Crippen molar-refractivity contribution in [1.29, 1.82) is 0 Å². The van der Waals surface area contributed by atoms with Crippen molar-refractivity contribution < 1.29 is 9.18 Å². The molecule has 3 aromatic rings. The number of halogens is 1. The smallest absolute Gasteiger partial charge is 0.332 e. The molecule has 0 aliphatic heterocycles. The van der Waals surface area contributed by atoms with Crippen LogP contribution in [-0.4, -0.2) is 24.6 Å². The fourth-order valence-corrected chi connectivity index (χ4v) is 2.95. The molecule has 0 saturated heterocycles. The summed E-state index contributed by atoms with van der Waals surface area (Å²) in [6.45, 7) is 3.42. The van der Waals surface area contributed by atoms with Crippen LogP contribution < -0.4 is 16.6 Å². The number of imidazole rings is 1. The van der Waals surface area contributed by atoms with Gasteiger partial charge in [0.1, 0.15) is 11.9 Å². The molecule has 1 N–H and O–H groups in total. The predicted octanol–water partition coefficient (Wildman–Crippen LogP) is 1.01. The van der Waals surface area contributed by atoms with Crippen LogP contribution in [0.3, 0.4) is 0 Å². The zero-order valence-corrected chi connectivity index (χ0v) is 15.4. The molecule has 9 heteroatoms. The van der Waals surface area contributed by atoms with Gasteiger partial charge in [0.25, 0.3) is 5.56 Å². The van der Waals surface area contributed by atoms with Crippen molar-refractivity contribution in [3.8, 4) is 0 Å². The van der Waals surface area contributed by atoms with Crippen molar-refractivity contribution in [2.24, 2.45) is 14.1 Å². The van der Waals surface area contributed by atoms with E-state index in [1.807, 2.05) is 0 Å². The van der Waals surface area contributed by atoms with E-state index in [1.165, 1.54) is 41.7 Å². The highest BCUT2D eigenvalue weighted by atomic mass is 19.1. The Labute approximate surface area is 153 Å². The molecular weight excluding hydrogens is 353 g/mol. The fourth-order valence-electron chi connectivity index (χ4n) is 2.95. The molecule has 0 fully saturated rings. The summed E-state index contributed by atoms with van der Waals surface area (Å²) in [5.74, 6) is -0.681. The Bertz CT molecular complexity index is 1130. The van der Waals surface area contributed by atoms with Crippen molar-refractivity contribution >= 4 is 17.1 Å². The molecule has 0 bridgehead atoms. The average Bonchev–Trinajstić information content (AvgIpc) is 3.09. The monoisotopic (exact) mass is 373 g/mol. The third-order valence-electron chi connectivity index (χ3n) is 4.70. The van der Waals surface area contributed by atoms with Crippen LogP contribution in [0.25, 0.3) is 11.2 Å². The highest BCUT2D eigenvalue weighted by molar-refractivity contribution is 5.82. The third-order valence-corrected chi connectivity index (χ3v) is 4.70. The molecule has 27 heavy (non-hydrogen) atoms. The lowest BCUT2D eigenvalue weighted by atomic mass is 10.1. The standard InChI is InChI=1S/C18H20FN5O3/c1-10(12-5-7-13(19)8-6-12)21-16(25)11(2)24-9-20-15-14(24)17(26)23(4)18(27)22(15)3/h5-11H,1-4H3,(H,21,25)/t10-,11-/m1/s1. The third kappa shape index (κ3) is 3.16. The van der Waals surface area contributed by atoms with Gasteiger partial charge in [0, 0.05) is 14.1 Å². The van der Waals surface area contributed by atoms with Gasteiger partial charge in [0.15, 0.2) is 11.2 Å². The van der Waals surface area contributed by atoms with Crippen LogP contribution in [0.15, 0.2) is 40.2 Å². The molecule has 0 spiro atoms. The topological polar surface area (TPSA) is 90.9 Å². The van der Waals surface area contributed by atoms with Gasteiger partial charge in [-0.15, -0.1) is 0 Å². The second-order valence-electron chi connectivity index (χ2n) is 6.49. The molecule has 0 aliphatic rings. The molecule has 0 saturated carbocycles. The highest BCUT2D eigenvalue weighted by Gasteiger charge is 2.23. The summed E-state index contributed by atoms with van der Waals surface area (Å²) in [7, 11) is 2.89. The van der Waals surface area contributed by atoms with Crippen molar-refractivity contribution in [1.82, 2.24) is 24.0 Å². The van der Waals surface area contributed by atoms with Crippen molar-refractivity contribution in [3.63, 3.8) is 0 Å². The van der Waals surface area contributed by atoms with Gasteiger partial charge >= 0.3 is 5.69 Å². The van der Waals surface area contributed by atoms with E-state index in [4.69, 9.17) is 0 Å². The number of nitrogens with zero attached hydrogens (tertiary/aromatic N) is 4. The molecule has 8 nitrogen and oxygen atoms in total. The number of aromatic nitrogens is 4. The maximum atomic E-state index is 13.1. The van der Waals surface area contributed by atoms with Gasteiger partial charge in [-0.2, -0.15) is 0 Å². The van der Waals surface area contributed by atoms with Crippen molar-refractivity contribution in [2.75, 3.05) is 0 Å². The lowest BCUT2D eigenvalue weighted by Gasteiger charge is -2.19. The van der Waals surface area contributed by atoms with Gasteiger partial charge in [0.2, 0.25) is 5.91 Å². The molecule has 3 rings (SSSR count). The summed E-state index contributed by atoms with van der Waals surface area (Å²) < 4.78 is 16.7. The van der Waals surface area contributed by atoms with Crippen LogP contribution in [-0.2, 0) is 18.9 Å². The first-order valence-electron chi connectivity index (χ1n) is 8.40. The van der Waals surface area contributed by atoms with Gasteiger partial charge in [0.05, 0.1) is 12.4 Å². The van der Waals surface area contributed by atoms with Crippen LogP contribution in [0, 0.1) is 5.82 Å². The molecule has 0 aliphatic carbocycles. The van der Waals surface area contributed by atoms with E-state index in [-0.39, 0.29) is 28.9 Å². The zero-order valence-electron chi connectivity index (χ0n) is 15.4. The first-order valence-corrected chi connectivity index (χ1v) is 8.40. The lowest BCUT2D eigenvalue weighted by Crippen LogP contribution is -2.39. The molecule has 2 atom stereocenters. The number of nitrogens with one attached hydrogen (secondary N) is 1. The number of benzene rings is 1. The predicted molar refractivity (Wildman–Crippen MR) is 97.9 cm³/mol. The number of amides is 1. The van der Waals surface area contributed by atoms with E-state index in [9.17, 15) is 18.8 Å². The van der Waals surface area contributed by atoms with Gasteiger partial charge in [-0.05, 0) is 31.5 Å². The fraction of sp³-hybridized carbons (Fsp3) is 0.333. The average molecular weight is 373 g/mol. The van der Waals surface area contributed by atoms with Crippen LogP contribution in [0.2, 0.25) is 0 Å². The molecule has 2 heterocycles. The number of hydrogen-bond donors (Lipinski definition) is 1. The second-order valence-corrected chi connectivity index (χ2v) is 6.49. The molecular formula is C18H20FN5O3. The largest absolute Gasteiger partial charge is 0.348 e.